The van der Waals surface area contributed by atoms with Gasteiger partial charge < -0.3 is 88.8 Å². The molecule has 13 unspecified atom stereocenters. The fraction of sp³-hybridized carbons (Fsp3) is 1.00. The summed E-state index contributed by atoms with van der Waals surface area (Å²) >= 11 is 0. The highest BCUT2D eigenvalue weighted by Crippen LogP contribution is 2.46. The zero-order valence-corrected chi connectivity index (χ0v) is 49.3. The van der Waals surface area contributed by atoms with E-state index < -0.39 is 59.6 Å². The van der Waals surface area contributed by atoms with E-state index in [4.69, 9.17) is 67.6 Å². The Balaban J connectivity index is 1.44. The number of hydrogen-bond acceptors (Lipinski definition) is 18. The number of nitrogens with two attached hydrogens (primary N) is 5. The van der Waals surface area contributed by atoms with Crippen LogP contribution in [0.2, 0.25) is 24.2 Å². The first-order valence-corrected chi connectivity index (χ1v) is 36.3. The van der Waals surface area contributed by atoms with Crippen LogP contribution < -0.4 is 49.9 Å². The van der Waals surface area contributed by atoms with Crippen molar-refractivity contribution in [3.63, 3.8) is 0 Å². The first-order chi connectivity index (χ1) is 34.3. The van der Waals surface area contributed by atoms with Crippen molar-refractivity contribution in [2.75, 3.05) is 99.3 Å². The zero-order chi connectivity index (χ0) is 50.9. The summed E-state index contributed by atoms with van der Waals surface area (Å²) in [7, 11) is -10.7. The molecule has 14 N–H and O–H groups in total. The molecule has 0 radical (unpaired) electrons. The molecule has 22 heteroatoms. The summed E-state index contributed by atoms with van der Waals surface area (Å²) in [5.74, 6) is 3.82. The number of nitrogens with one attached hydrogen (secondary N) is 4. The third-order valence-corrected chi connectivity index (χ3v) is 32.3. The molecule has 6 heterocycles. The topological polar surface area (TPSA) is 261 Å². The van der Waals surface area contributed by atoms with E-state index in [0.29, 0.717) is 110 Å². The first kappa shape index (κ1) is 60.4. The lowest BCUT2D eigenvalue weighted by molar-refractivity contribution is -0.0661. The van der Waals surface area contributed by atoms with Crippen LogP contribution in [0.15, 0.2) is 0 Å². The third-order valence-electron chi connectivity index (χ3n) is 17.0. The summed E-state index contributed by atoms with van der Waals surface area (Å²) in [5.41, 5.74) is 32.8. The van der Waals surface area contributed by atoms with E-state index in [-0.39, 0.29) is 0 Å². The minimum Gasteiger partial charge on any atom is -0.377 e. The van der Waals surface area contributed by atoms with E-state index in [1.165, 1.54) is 0 Å². The fourth-order valence-electron chi connectivity index (χ4n) is 13.1. The maximum Gasteiger partial charge on any atom is 0.493 e. The van der Waals surface area contributed by atoms with Crippen molar-refractivity contribution in [3.8, 4) is 0 Å². The van der Waals surface area contributed by atoms with Crippen molar-refractivity contribution in [3.05, 3.63) is 0 Å². The van der Waals surface area contributed by atoms with Gasteiger partial charge in [-0.1, -0.05) is 20.3 Å². The molecule has 6 aliphatic heterocycles. The molecule has 71 heavy (non-hydrogen) atoms. The molecule has 8 bridgehead atoms. The second-order valence-electron chi connectivity index (χ2n) is 23.0. The fourth-order valence-corrected chi connectivity index (χ4v) is 30.5. The smallest absolute Gasteiger partial charge is 0.377 e. The van der Waals surface area contributed by atoms with Crippen LogP contribution in [0, 0.1) is 53.3 Å². The van der Waals surface area contributed by atoms with Crippen molar-refractivity contribution >= 4 is 35.2 Å². The minimum atomic E-state index is -3.71. The maximum absolute atomic E-state index is 7.72. The number of fused-ring (bicyclic) bond motifs is 15. The molecule has 6 rings (SSSR count). The Labute approximate surface area is 434 Å². The summed E-state index contributed by atoms with van der Waals surface area (Å²) < 4.78 is 64.9. The van der Waals surface area contributed by atoms with E-state index in [9.17, 15) is 0 Å². The zero-order valence-electron chi connectivity index (χ0n) is 45.3. The van der Waals surface area contributed by atoms with Crippen LogP contribution >= 0.6 is 0 Å². The highest BCUT2D eigenvalue weighted by Gasteiger charge is 2.70. The van der Waals surface area contributed by atoms with Gasteiger partial charge in [0.15, 0.2) is 0 Å². The Kier molecular flexibility index (Phi) is 25.3. The van der Waals surface area contributed by atoms with Gasteiger partial charge >= 0.3 is 35.2 Å². The van der Waals surface area contributed by atoms with E-state index in [1.54, 1.807) is 14.2 Å². The molecule has 2 spiro atoms. The van der Waals surface area contributed by atoms with Crippen molar-refractivity contribution in [2.45, 2.75) is 160 Å². The number of rotatable bonds is 14. The van der Waals surface area contributed by atoms with Gasteiger partial charge in [-0.2, -0.15) is 0 Å². The average molecular weight is 1080 g/mol. The highest BCUT2D eigenvalue weighted by molar-refractivity contribution is 6.84. The van der Waals surface area contributed by atoms with Gasteiger partial charge in [-0.15, -0.1) is 0 Å². The van der Waals surface area contributed by atoms with E-state index in [0.717, 1.165) is 136 Å². The maximum atomic E-state index is 7.72. The predicted octanol–water partition coefficient (Wildman–Crippen LogP) is 3.56. The van der Waals surface area contributed by atoms with Gasteiger partial charge in [-0.05, 0) is 229 Å². The molecular formula is C49H105N9O9Si4. The Morgan fingerprint density at radius 2 is 0.958 bits per heavy atom. The first-order valence-electron chi connectivity index (χ1n) is 28.5. The summed E-state index contributed by atoms with van der Waals surface area (Å²) in [6, 6.07) is 2.38. The summed E-state index contributed by atoms with van der Waals surface area (Å²) in [4.78, 5) is 0. The standard InChI is InChI=1S/C49H105N9O9Si4/c1-7-40(29-51)21-41(30-52)23-46-27-47-25-43(32-54)22-42(31-53)24-45-26-44(20-37(2)28-50)33-55-12-8-16-68(59-5)61-38(3)48-49-39(4)62-69(60-6,17-9-13-56-35-46)66-71(64-49,19-11-15-58-36-47)67-70(63-48,65-68)18-10-14-57-34-45/h37-49,55-58H,7-36,50-54H2,1-6H3/t37?,38-,39+,40?,41?,42?,43?,44?,45?,46?,47?,48+,49+,68?,69?,70?,71?/m1/s1. The molecule has 17 atom stereocenters. The van der Waals surface area contributed by atoms with Crippen LogP contribution in [0.1, 0.15) is 111 Å². The normalized spacial score (nSPS) is 41.5. The van der Waals surface area contributed by atoms with Gasteiger partial charge in [-0.25, -0.2) is 0 Å². The second kappa shape index (κ2) is 29.8. The van der Waals surface area contributed by atoms with Crippen molar-refractivity contribution in [2.24, 2.45) is 81.9 Å². The van der Waals surface area contributed by atoms with E-state index in [2.05, 4.69) is 49.0 Å². The monoisotopic (exact) mass is 1080 g/mol. The summed E-state index contributed by atoms with van der Waals surface area (Å²) in [5, 5.41) is 15.7. The molecule has 0 aromatic heterocycles. The Bertz CT molecular complexity index is 1520. The van der Waals surface area contributed by atoms with Crippen LogP contribution in [-0.4, -0.2) is 159 Å². The molecule has 18 nitrogen and oxygen atoms in total. The van der Waals surface area contributed by atoms with Crippen LogP contribution in [0.3, 0.4) is 0 Å². The van der Waals surface area contributed by atoms with Gasteiger partial charge in [0.25, 0.3) is 0 Å². The second-order valence-corrected chi connectivity index (χ2v) is 34.7. The predicted molar refractivity (Wildman–Crippen MR) is 290 cm³/mol. The van der Waals surface area contributed by atoms with Crippen LogP contribution in [0.4, 0.5) is 0 Å². The van der Waals surface area contributed by atoms with Gasteiger partial charge in [0, 0.05) is 38.4 Å². The number of hydrogen-bond donors (Lipinski definition) is 9. The van der Waals surface area contributed by atoms with Crippen LogP contribution in [0.25, 0.3) is 0 Å². The minimum absolute atomic E-state index is 0.365. The molecule has 416 valence electrons. The molecule has 6 saturated heterocycles. The molecule has 0 amide bonds. The van der Waals surface area contributed by atoms with Crippen molar-refractivity contribution in [1.29, 1.82) is 0 Å². The Morgan fingerprint density at radius 3 is 1.38 bits per heavy atom. The molecule has 0 aromatic rings. The van der Waals surface area contributed by atoms with Gasteiger partial charge in [0.05, 0.1) is 12.2 Å². The summed E-state index contributed by atoms with van der Waals surface area (Å²) in [6.45, 7) is 18.8. The Morgan fingerprint density at radius 1 is 0.521 bits per heavy atom. The third kappa shape index (κ3) is 17.6. The lowest BCUT2D eigenvalue weighted by Gasteiger charge is -2.41. The SMILES string of the molecule is CCC(CN)CC(CN)CC1CNCCC[Si]2(OC)O[C@@H](C)[C@@H]3O[Si]4(CCCNCC(CC(CN)CC(CN)CC5CNCCC[Si]6(O[C@H]3[C@@H](C)O[Si](OC)(CCCNCC(CC(C)CN)C5)O6)O4)C1)O2. The quantitative estimate of drug-likeness (QED) is 0.113. The molecular weight excluding hydrogens is 971 g/mol. The lowest BCUT2D eigenvalue weighted by atomic mass is 9.77. The van der Waals surface area contributed by atoms with Crippen LogP contribution in [0.5, 0.6) is 0 Å². The Hall–Kier alpha value is 0.148. The van der Waals surface area contributed by atoms with Gasteiger partial charge in [0.1, 0.15) is 12.2 Å². The van der Waals surface area contributed by atoms with E-state index in [1.807, 2.05) is 0 Å². The van der Waals surface area contributed by atoms with Crippen molar-refractivity contribution < 1.29 is 38.9 Å². The summed E-state index contributed by atoms with van der Waals surface area (Å²) in [6.07, 6.45) is 10.9. The van der Waals surface area contributed by atoms with Crippen molar-refractivity contribution in [1.82, 2.24) is 21.3 Å². The van der Waals surface area contributed by atoms with Gasteiger partial charge in [0.2, 0.25) is 0 Å². The van der Waals surface area contributed by atoms with E-state index >= 15 is 0 Å². The molecule has 0 aromatic carbocycles. The molecule has 0 aliphatic carbocycles. The average Bonchev–Trinajstić information content (AvgIpc) is 3.63. The lowest BCUT2D eigenvalue weighted by Crippen LogP contribution is -2.65. The molecule has 0 saturated carbocycles. The largest absolute Gasteiger partial charge is 0.493 e. The van der Waals surface area contributed by atoms with Crippen LogP contribution in [-0.2, 0) is 38.9 Å². The van der Waals surface area contributed by atoms with Gasteiger partial charge in [-0.3, -0.25) is 0 Å². The molecule has 6 aliphatic rings. The molecule has 6 fully saturated rings. The highest BCUT2D eigenvalue weighted by atomic mass is 28.5.